The summed E-state index contributed by atoms with van der Waals surface area (Å²) in [5.41, 5.74) is 0.852. The van der Waals surface area contributed by atoms with Gasteiger partial charge in [-0.3, -0.25) is 9.59 Å². The first-order chi connectivity index (χ1) is 14.4. The molecular formula is C23H26Cl4N2O2. The molecule has 0 spiro atoms. The van der Waals surface area contributed by atoms with E-state index in [9.17, 15) is 9.59 Å². The molecule has 1 unspecified atom stereocenters. The van der Waals surface area contributed by atoms with Crippen LogP contribution in [0, 0.1) is 0 Å². The molecule has 8 heteroatoms. The van der Waals surface area contributed by atoms with Crippen LogP contribution in [0.25, 0.3) is 0 Å². The third-order valence-corrected chi connectivity index (χ3v) is 6.06. The number of rotatable bonds is 7. The van der Waals surface area contributed by atoms with Gasteiger partial charge >= 0.3 is 0 Å². The zero-order valence-electron chi connectivity index (χ0n) is 17.9. The topological polar surface area (TPSA) is 49.4 Å². The first-order valence-corrected chi connectivity index (χ1v) is 11.4. The molecule has 0 aliphatic carbocycles. The maximum Gasteiger partial charge on any atom is 0.243 e. The van der Waals surface area contributed by atoms with Crippen LogP contribution in [0.4, 0.5) is 0 Å². The Bertz CT molecular complexity index is 937. The lowest BCUT2D eigenvalue weighted by atomic mass is 10.0. The Labute approximate surface area is 203 Å². The summed E-state index contributed by atoms with van der Waals surface area (Å²) in [6.07, 6.45) is 0.407. The van der Waals surface area contributed by atoms with Gasteiger partial charge in [-0.2, -0.15) is 0 Å². The Hall–Kier alpha value is -1.46. The van der Waals surface area contributed by atoms with Gasteiger partial charge < -0.3 is 10.2 Å². The fraction of sp³-hybridized carbons (Fsp3) is 0.391. The van der Waals surface area contributed by atoms with E-state index in [1.165, 1.54) is 0 Å². The van der Waals surface area contributed by atoms with E-state index < -0.39 is 11.6 Å². The van der Waals surface area contributed by atoms with Gasteiger partial charge in [0.1, 0.15) is 6.04 Å². The lowest BCUT2D eigenvalue weighted by Gasteiger charge is -2.33. The highest BCUT2D eigenvalue weighted by atomic mass is 35.5. The monoisotopic (exact) mass is 502 g/mol. The fourth-order valence-corrected chi connectivity index (χ4v) is 4.01. The highest BCUT2D eigenvalue weighted by Crippen LogP contribution is 2.27. The number of nitrogens with one attached hydrogen (secondary N) is 1. The molecule has 0 fully saturated rings. The van der Waals surface area contributed by atoms with Gasteiger partial charge in [-0.15, -0.1) is 0 Å². The highest BCUT2D eigenvalue weighted by molar-refractivity contribution is 6.42. The minimum absolute atomic E-state index is 0.0286. The van der Waals surface area contributed by atoms with E-state index in [0.29, 0.717) is 32.1 Å². The molecule has 2 amide bonds. The number of amides is 2. The zero-order chi connectivity index (χ0) is 23.3. The summed E-state index contributed by atoms with van der Waals surface area (Å²) in [5.74, 6) is -0.495. The van der Waals surface area contributed by atoms with Gasteiger partial charge in [-0.25, -0.2) is 0 Å². The van der Waals surface area contributed by atoms with Crippen LogP contribution < -0.4 is 5.32 Å². The Kier molecular flexibility index (Phi) is 9.08. The van der Waals surface area contributed by atoms with Crippen LogP contribution in [0.15, 0.2) is 36.4 Å². The first-order valence-electron chi connectivity index (χ1n) is 9.91. The van der Waals surface area contributed by atoms with Gasteiger partial charge in [-0.05, 0) is 62.6 Å². The van der Waals surface area contributed by atoms with Gasteiger partial charge in [0.25, 0.3) is 0 Å². The van der Waals surface area contributed by atoms with E-state index in [1.54, 1.807) is 41.3 Å². The smallest absolute Gasteiger partial charge is 0.243 e. The van der Waals surface area contributed by atoms with Crippen molar-refractivity contribution in [2.45, 2.75) is 58.7 Å². The molecule has 0 bridgehead atoms. The average molecular weight is 504 g/mol. The second kappa shape index (κ2) is 10.9. The summed E-state index contributed by atoms with van der Waals surface area (Å²) in [6, 6.07) is 9.56. The first kappa shape index (κ1) is 25.8. The molecule has 0 heterocycles. The second-order valence-electron chi connectivity index (χ2n) is 8.31. The largest absolute Gasteiger partial charge is 0.350 e. The summed E-state index contributed by atoms with van der Waals surface area (Å²) < 4.78 is 0. The van der Waals surface area contributed by atoms with Crippen LogP contribution in [0.5, 0.6) is 0 Å². The van der Waals surface area contributed by atoms with E-state index in [4.69, 9.17) is 46.4 Å². The average Bonchev–Trinajstić information content (AvgIpc) is 2.66. The van der Waals surface area contributed by atoms with Crippen LogP contribution in [0.3, 0.4) is 0 Å². The molecule has 0 aliphatic heterocycles. The Balaban J connectivity index is 2.40. The summed E-state index contributed by atoms with van der Waals surface area (Å²) in [4.78, 5) is 28.0. The van der Waals surface area contributed by atoms with Crippen LogP contribution >= 0.6 is 46.4 Å². The molecule has 1 N–H and O–H groups in total. The van der Waals surface area contributed by atoms with Crippen molar-refractivity contribution in [1.29, 1.82) is 0 Å². The summed E-state index contributed by atoms with van der Waals surface area (Å²) >= 11 is 24.7. The number of carbonyl (C=O) groups is 2. The molecule has 2 rings (SSSR count). The van der Waals surface area contributed by atoms with Crippen LogP contribution in [-0.2, 0) is 22.6 Å². The van der Waals surface area contributed by atoms with E-state index in [-0.39, 0.29) is 24.8 Å². The summed E-state index contributed by atoms with van der Waals surface area (Å²) in [5, 5.41) is 4.58. The molecule has 4 nitrogen and oxygen atoms in total. The van der Waals surface area contributed by atoms with Crippen molar-refractivity contribution >= 4 is 58.2 Å². The molecule has 2 aromatic rings. The predicted octanol–water partition coefficient (Wildman–Crippen LogP) is 6.56. The van der Waals surface area contributed by atoms with E-state index in [1.807, 2.05) is 27.7 Å². The molecule has 0 aromatic heterocycles. The predicted molar refractivity (Wildman–Crippen MR) is 129 cm³/mol. The van der Waals surface area contributed by atoms with E-state index in [2.05, 4.69) is 5.32 Å². The molecule has 0 saturated carbocycles. The van der Waals surface area contributed by atoms with Crippen molar-refractivity contribution in [3.63, 3.8) is 0 Å². The summed E-state index contributed by atoms with van der Waals surface area (Å²) in [6.45, 7) is 7.74. The Morgan fingerprint density at radius 2 is 1.58 bits per heavy atom. The third kappa shape index (κ3) is 7.28. The van der Waals surface area contributed by atoms with E-state index >= 15 is 0 Å². The molecular weight excluding hydrogens is 478 g/mol. The van der Waals surface area contributed by atoms with Crippen molar-refractivity contribution in [3.05, 3.63) is 67.6 Å². The van der Waals surface area contributed by atoms with Gasteiger partial charge in [0.05, 0.1) is 16.5 Å². The van der Waals surface area contributed by atoms with E-state index in [0.717, 1.165) is 5.56 Å². The standard InChI is InChI=1S/C23H26Cl4N2O2/c1-5-20(22(31)28-23(2,3)4)29(13-14-9-10-18(26)19(27)11-14)21(30)12-15-16(24)7-6-8-17(15)25/h6-11,20H,5,12-13H2,1-4H3,(H,28,31). The van der Waals surface area contributed by atoms with Crippen LogP contribution in [0.1, 0.15) is 45.2 Å². The minimum Gasteiger partial charge on any atom is -0.350 e. The maximum atomic E-state index is 13.4. The van der Waals surface area contributed by atoms with Gasteiger partial charge in [0.2, 0.25) is 11.8 Å². The van der Waals surface area contributed by atoms with Crippen molar-refractivity contribution in [1.82, 2.24) is 10.2 Å². The van der Waals surface area contributed by atoms with Crippen molar-refractivity contribution in [2.24, 2.45) is 0 Å². The van der Waals surface area contributed by atoms with Crippen LogP contribution in [-0.4, -0.2) is 28.3 Å². The minimum atomic E-state index is -0.678. The Morgan fingerprint density at radius 3 is 2.10 bits per heavy atom. The molecule has 0 radical (unpaired) electrons. The molecule has 168 valence electrons. The molecule has 0 saturated heterocycles. The third-order valence-electron chi connectivity index (χ3n) is 4.61. The van der Waals surface area contributed by atoms with Crippen molar-refractivity contribution < 1.29 is 9.59 Å². The van der Waals surface area contributed by atoms with Gasteiger partial charge in [0.15, 0.2) is 0 Å². The number of hydrogen-bond acceptors (Lipinski definition) is 2. The quantitative estimate of drug-likeness (QED) is 0.464. The number of hydrogen-bond donors (Lipinski definition) is 1. The normalized spacial score (nSPS) is 12.4. The maximum absolute atomic E-state index is 13.4. The molecule has 1 atom stereocenters. The van der Waals surface area contributed by atoms with Crippen molar-refractivity contribution in [3.8, 4) is 0 Å². The SMILES string of the molecule is CCC(C(=O)NC(C)(C)C)N(Cc1ccc(Cl)c(Cl)c1)C(=O)Cc1c(Cl)cccc1Cl. The Morgan fingerprint density at radius 1 is 0.968 bits per heavy atom. The van der Waals surface area contributed by atoms with Gasteiger partial charge in [-0.1, -0.05) is 65.5 Å². The van der Waals surface area contributed by atoms with Gasteiger partial charge in [0, 0.05) is 22.1 Å². The lowest BCUT2D eigenvalue weighted by Crippen LogP contribution is -2.53. The van der Waals surface area contributed by atoms with Crippen molar-refractivity contribution in [2.75, 3.05) is 0 Å². The molecule has 2 aromatic carbocycles. The lowest BCUT2D eigenvalue weighted by molar-refractivity contribution is -0.141. The highest BCUT2D eigenvalue weighted by Gasteiger charge is 2.31. The second-order valence-corrected chi connectivity index (χ2v) is 9.94. The fourth-order valence-electron chi connectivity index (χ4n) is 3.16. The molecule has 0 aliphatic rings. The van der Waals surface area contributed by atoms with Crippen LogP contribution in [0.2, 0.25) is 20.1 Å². The number of nitrogens with zero attached hydrogens (tertiary/aromatic N) is 1. The zero-order valence-corrected chi connectivity index (χ0v) is 21.0. The number of benzene rings is 2. The molecule has 31 heavy (non-hydrogen) atoms. The summed E-state index contributed by atoms with van der Waals surface area (Å²) in [7, 11) is 0. The number of halogens is 4. The number of carbonyl (C=O) groups excluding carboxylic acids is 2.